The first kappa shape index (κ1) is 15.0. The molecule has 0 saturated heterocycles. The van der Waals surface area contributed by atoms with Crippen LogP contribution in [-0.4, -0.2) is 19.2 Å². The number of nitrogens with one attached hydrogen (secondary N) is 1. The highest BCUT2D eigenvalue weighted by Gasteiger charge is 2.22. The van der Waals surface area contributed by atoms with Crippen molar-refractivity contribution >= 4 is 15.9 Å². The Kier molecular flexibility index (Phi) is 6.35. The third kappa shape index (κ3) is 5.64. The average molecular weight is 326 g/mol. The maximum absolute atomic E-state index is 6.07. The van der Waals surface area contributed by atoms with Gasteiger partial charge in [-0.15, -0.1) is 0 Å². The van der Waals surface area contributed by atoms with Crippen molar-refractivity contribution in [1.82, 2.24) is 5.32 Å². The fourth-order valence-corrected chi connectivity index (χ4v) is 2.35. The average Bonchev–Trinajstić information content (AvgIpc) is 3.23. The van der Waals surface area contributed by atoms with E-state index in [2.05, 4.69) is 52.4 Å². The molecule has 1 N–H and O–H groups in total. The molecule has 0 aliphatic heterocycles. The van der Waals surface area contributed by atoms with Gasteiger partial charge in [0.2, 0.25) is 0 Å². The largest absolute Gasteiger partial charge is 0.372 e. The van der Waals surface area contributed by atoms with Gasteiger partial charge in [-0.05, 0) is 37.0 Å². The molecule has 0 aromatic heterocycles. The summed E-state index contributed by atoms with van der Waals surface area (Å²) in [4.78, 5) is 0. The van der Waals surface area contributed by atoms with Crippen molar-refractivity contribution in [3.8, 4) is 0 Å². The van der Waals surface area contributed by atoms with Gasteiger partial charge in [0.25, 0.3) is 0 Å². The Morgan fingerprint density at radius 1 is 1.26 bits per heavy atom. The number of benzene rings is 1. The van der Waals surface area contributed by atoms with Crippen LogP contribution in [0.4, 0.5) is 0 Å². The summed E-state index contributed by atoms with van der Waals surface area (Å²) in [7, 11) is 0. The highest BCUT2D eigenvalue weighted by molar-refractivity contribution is 9.10. The molecule has 1 saturated carbocycles. The van der Waals surface area contributed by atoms with E-state index in [1.54, 1.807) is 0 Å². The lowest BCUT2D eigenvalue weighted by molar-refractivity contribution is 0.0497. The molecule has 0 heterocycles. The third-order valence-electron chi connectivity index (χ3n) is 3.48. The Labute approximate surface area is 125 Å². The van der Waals surface area contributed by atoms with Crippen LogP contribution >= 0.6 is 15.9 Å². The van der Waals surface area contributed by atoms with Crippen LogP contribution in [0.3, 0.4) is 0 Å². The van der Waals surface area contributed by atoms with Gasteiger partial charge in [-0.3, -0.25) is 0 Å². The second-order valence-corrected chi connectivity index (χ2v) is 6.22. The van der Waals surface area contributed by atoms with E-state index in [-0.39, 0.29) is 6.10 Å². The molecule has 0 radical (unpaired) electrons. The molecular formula is C16H24BrNO. The van der Waals surface area contributed by atoms with Gasteiger partial charge in [0.05, 0.1) is 6.10 Å². The summed E-state index contributed by atoms with van der Waals surface area (Å²) in [5.74, 6) is 0. The molecule has 0 bridgehead atoms. The first-order valence-corrected chi connectivity index (χ1v) is 8.19. The van der Waals surface area contributed by atoms with Crippen molar-refractivity contribution in [2.45, 2.75) is 51.2 Å². The summed E-state index contributed by atoms with van der Waals surface area (Å²) in [5, 5.41) is 3.57. The maximum Gasteiger partial charge on any atom is 0.0949 e. The van der Waals surface area contributed by atoms with Crippen molar-refractivity contribution in [3.63, 3.8) is 0 Å². The first-order valence-electron chi connectivity index (χ1n) is 7.40. The molecule has 0 amide bonds. The van der Waals surface area contributed by atoms with Gasteiger partial charge in [0.15, 0.2) is 0 Å². The maximum atomic E-state index is 6.07. The minimum Gasteiger partial charge on any atom is -0.372 e. The lowest BCUT2D eigenvalue weighted by Crippen LogP contribution is -2.25. The predicted octanol–water partition coefficient (Wildman–Crippen LogP) is 4.45. The standard InChI is InChI=1S/C16H24BrNO/c1-2-3-4-11-19-16(12-18-15-9-10-15)13-5-7-14(17)8-6-13/h5-8,15-16,18H,2-4,9-12H2,1H3. The van der Waals surface area contributed by atoms with E-state index in [9.17, 15) is 0 Å². The van der Waals surface area contributed by atoms with Gasteiger partial charge in [-0.2, -0.15) is 0 Å². The number of hydrogen-bond donors (Lipinski definition) is 1. The van der Waals surface area contributed by atoms with Crippen LogP contribution in [-0.2, 0) is 4.74 Å². The molecule has 1 aliphatic carbocycles. The molecule has 3 heteroatoms. The Morgan fingerprint density at radius 2 is 2.00 bits per heavy atom. The van der Waals surface area contributed by atoms with E-state index >= 15 is 0 Å². The Bertz CT molecular complexity index is 362. The van der Waals surface area contributed by atoms with Crippen LogP contribution in [0.2, 0.25) is 0 Å². The Morgan fingerprint density at radius 3 is 2.63 bits per heavy atom. The van der Waals surface area contributed by atoms with Crippen LogP contribution in [0.1, 0.15) is 50.7 Å². The van der Waals surface area contributed by atoms with Gasteiger partial charge >= 0.3 is 0 Å². The normalized spacial score (nSPS) is 16.5. The minimum absolute atomic E-state index is 0.186. The van der Waals surface area contributed by atoms with Crippen LogP contribution < -0.4 is 5.32 Å². The van der Waals surface area contributed by atoms with E-state index in [1.807, 2.05) is 0 Å². The van der Waals surface area contributed by atoms with Gasteiger partial charge in [0.1, 0.15) is 0 Å². The van der Waals surface area contributed by atoms with Gasteiger partial charge in [0, 0.05) is 23.7 Å². The smallest absolute Gasteiger partial charge is 0.0949 e. The molecule has 1 atom stereocenters. The van der Waals surface area contributed by atoms with Crippen LogP contribution in [0.25, 0.3) is 0 Å². The van der Waals surface area contributed by atoms with E-state index in [1.165, 1.54) is 31.2 Å². The summed E-state index contributed by atoms with van der Waals surface area (Å²) in [6.07, 6.45) is 6.49. The monoisotopic (exact) mass is 325 g/mol. The number of ether oxygens (including phenoxy) is 1. The predicted molar refractivity (Wildman–Crippen MR) is 83.4 cm³/mol. The summed E-state index contributed by atoms with van der Waals surface area (Å²) in [6.45, 7) is 4.01. The zero-order valence-corrected chi connectivity index (χ0v) is 13.3. The molecule has 1 aromatic rings. The first-order chi connectivity index (χ1) is 9.29. The zero-order chi connectivity index (χ0) is 13.5. The number of unbranched alkanes of at least 4 members (excludes halogenated alkanes) is 2. The topological polar surface area (TPSA) is 21.3 Å². The molecule has 1 aliphatic rings. The summed E-state index contributed by atoms with van der Waals surface area (Å²) in [5.41, 5.74) is 1.27. The van der Waals surface area contributed by atoms with Gasteiger partial charge in [-0.25, -0.2) is 0 Å². The summed E-state index contributed by atoms with van der Waals surface area (Å²) >= 11 is 3.48. The second kappa shape index (κ2) is 8.03. The van der Waals surface area contributed by atoms with Crippen molar-refractivity contribution in [1.29, 1.82) is 0 Å². The molecule has 2 rings (SSSR count). The fraction of sp³-hybridized carbons (Fsp3) is 0.625. The SMILES string of the molecule is CCCCCOC(CNC1CC1)c1ccc(Br)cc1. The summed E-state index contributed by atoms with van der Waals surface area (Å²) < 4.78 is 7.19. The van der Waals surface area contributed by atoms with Crippen molar-refractivity contribution in [2.75, 3.05) is 13.2 Å². The van der Waals surface area contributed by atoms with E-state index < -0.39 is 0 Å². The van der Waals surface area contributed by atoms with Crippen LogP contribution in [0.15, 0.2) is 28.7 Å². The van der Waals surface area contributed by atoms with Gasteiger partial charge in [-0.1, -0.05) is 47.8 Å². The molecule has 106 valence electrons. The van der Waals surface area contributed by atoms with Crippen molar-refractivity contribution in [2.24, 2.45) is 0 Å². The van der Waals surface area contributed by atoms with E-state index in [0.717, 1.165) is 30.1 Å². The quantitative estimate of drug-likeness (QED) is 0.677. The lowest BCUT2D eigenvalue weighted by Gasteiger charge is -2.19. The zero-order valence-electron chi connectivity index (χ0n) is 11.7. The second-order valence-electron chi connectivity index (χ2n) is 5.30. The third-order valence-corrected chi connectivity index (χ3v) is 4.01. The van der Waals surface area contributed by atoms with Gasteiger partial charge < -0.3 is 10.1 Å². The molecular weight excluding hydrogens is 302 g/mol. The lowest BCUT2D eigenvalue weighted by atomic mass is 10.1. The molecule has 0 spiro atoms. The number of rotatable bonds is 9. The Hall–Kier alpha value is -0.380. The van der Waals surface area contributed by atoms with E-state index in [4.69, 9.17) is 4.74 Å². The van der Waals surface area contributed by atoms with Crippen LogP contribution in [0, 0.1) is 0 Å². The molecule has 1 fully saturated rings. The number of hydrogen-bond acceptors (Lipinski definition) is 2. The Balaban J connectivity index is 1.85. The minimum atomic E-state index is 0.186. The number of halogens is 1. The van der Waals surface area contributed by atoms with E-state index in [0.29, 0.717) is 0 Å². The molecule has 2 nitrogen and oxygen atoms in total. The highest BCUT2D eigenvalue weighted by Crippen LogP contribution is 2.23. The molecule has 1 aromatic carbocycles. The molecule has 1 unspecified atom stereocenters. The highest BCUT2D eigenvalue weighted by atomic mass is 79.9. The molecule has 19 heavy (non-hydrogen) atoms. The summed E-state index contributed by atoms with van der Waals surface area (Å²) in [6, 6.07) is 9.23. The van der Waals surface area contributed by atoms with Crippen molar-refractivity contribution < 1.29 is 4.74 Å². The fourth-order valence-electron chi connectivity index (χ4n) is 2.09. The van der Waals surface area contributed by atoms with Crippen LogP contribution in [0.5, 0.6) is 0 Å². The van der Waals surface area contributed by atoms with Crippen molar-refractivity contribution in [3.05, 3.63) is 34.3 Å².